The highest BCUT2D eigenvalue weighted by Gasteiger charge is 2.31. The molecule has 0 unspecified atom stereocenters. The zero-order chi connectivity index (χ0) is 23.8. The van der Waals surface area contributed by atoms with Crippen molar-refractivity contribution >= 4 is 23.4 Å². The molecule has 3 rings (SSSR count). The van der Waals surface area contributed by atoms with Crippen LogP contribution in [-0.2, 0) is 29.0 Å². The van der Waals surface area contributed by atoms with Crippen molar-refractivity contribution in [1.82, 2.24) is 10.2 Å². The number of nitrogens with one attached hydrogen (secondary N) is 1. The van der Waals surface area contributed by atoms with E-state index in [2.05, 4.69) is 5.32 Å². The number of carbonyl (C=O) groups excluding carboxylic acids is 2. The van der Waals surface area contributed by atoms with Gasteiger partial charge < -0.3 is 10.2 Å². The summed E-state index contributed by atoms with van der Waals surface area (Å²) in [5.41, 5.74) is 3.85. The fourth-order valence-corrected chi connectivity index (χ4v) is 4.01. The van der Waals surface area contributed by atoms with Crippen molar-refractivity contribution < 1.29 is 9.59 Å². The second-order valence-corrected chi connectivity index (χ2v) is 8.99. The average Bonchev–Trinajstić information content (AvgIpc) is 2.79. The van der Waals surface area contributed by atoms with E-state index in [9.17, 15) is 9.59 Å². The monoisotopic (exact) mass is 462 g/mol. The van der Waals surface area contributed by atoms with Gasteiger partial charge in [0.15, 0.2) is 0 Å². The molecule has 1 N–H and O–H groups in total. The first-order valence-electron chi connectivity index (χ1n) is 11.3. The Balaban J connectivity index is 1.99. The van der Waals surface area contributed by atoms with Crippen LogP contribution in [0.1, 0.15) is 36.1 Å². The van der Waals surface area contributed by atoms with E-state index in [4.69, 9.17) is 11.6 Å². The molecule has 0 saturated carbocycles. The number of carbonyl (C=O) groups is 2. The van der Waals surface area contributed by atoms with Gasteiger partial charge in [-0.1, -0.05) is 84.4 Å². The van der Waals surface area contributed by atoms with E-state index in [0.29, 0.717) is 18.0 Å². The molecule has 172 valence electrons. The number of rotatable bonds is 9. The number of amides is 2. The minimum Gasteiger partial charge on any atom is -0.352 e. The molecule has 0 bridgehead atoms. The summed E-state index contributed by atoms with van der Waals surface area (Å²) in [5, 5.41) is 3.56. The number of halogens is 1. The first-order valence-corrected chi connectivity index (χ1v) is 11.6. The maximum Gasteiger partial charge on any atom is 0.243 e. The van der Waals surface area contributed by atoms with Gasteiger partial charge in [0.05, 0.1) is 6.42 Å². The number of aryl methyl sites for hydroxylation is 1. The first kappa shape index (κ1) is 24.5. The Hall–Kier alpha value is -3.11. The number of hydrogen-bond acceptors (Lipinski definition) is 2. The molecule has 2 amide bonds. The predicted molar refractivity (Wildman–Crippen MR) is 134 cm³/mol. The van der Waals surface area contributed by atoms with Gasteiger partial charge in [0.1, 0.15) is 6.04 Å². The van der Waals surface area contributed by atoms with Gasteiger partial charge in [0.2, 0.25) is 11.8 Å². The standard InChI is InChI=1S/C28H31ClN2O2/c1-20(2)30-28(33)26(17-22-12-5-4-6-13-22)31(19-24-15-8-7-11-21(24)3)27(32)18-23-14-9-10-16-25(23)29/h4-16,20,26H,17-19H2,1-3H3,(H,30,33)/t26-/m0/s1. The summed E-state index contributed by atoms with van der Waals surface area (Å²) < 4.78 is 0. The van der Waals surface area contributed by atoms with E-state index < -0.39 is 6.04 Å². The van der Waals surface area contributed by atoms with Gasteiger partial charge in [-0.25, -0.2) is 0 Å². The van der Waals surface area contributed by atoms with Crippen LogP contribution in [0.5, 0.6) is 0 Å². The van der Waals surface area contributed by atoms with Gasteiger partial charge in [-0.3, -0.25) is 9.59 Å². The fourth-order valence-electron chi connectivity index (χ4n) is 3.81. The lowest BCUT2D eigenvalue weighted by molar-refractivity contribution is -0.141. The van der Waals surface area contributed by atoms with Crippen LogP contribution in [0.2, 0.25) is 5.02 Å². The summed E-state index contributed by atoms with van der Waals surface area (Å²) in [6.07, 6.45) is 0.561. The quantitative estimate of drug-likeness (QED) is 0.465. The third-order valence-corrected chi connectivity index (χ3v) is 5.97. The Morgan fingerprint density at radius 2 is 1.48 bits per heavy atom. The largest absolute Gasteiger partial charge is 0.352 e. The summed E-state index contributed by atoms with van der Waals surface area (Å²) in [7, 11) is 0. The van der Waals surface area contributed by atoms with Crippen LogP contribution >= 0.6 is 11.6 Å². The van der Waals surface area contributed by atoms with Crippen LogP contribution in [-0.4, -0.2) is 28.8 Å². The van der Waals surface area contributed by atoms with Crippen LogP contribution in [0, 0.1) is 6.92 Å². The predicted octanol–water partition coefficient (Wildman–Crippen LogP) is 5.36. The fraction of sp³-hybridized carbons (Fsp3) is 0.286. The van der Waals surface area contributed by atoms with Crippen molar-refractivity contribution in [2.24, 2.45) is 0 Å². The molecular weight excluding hydrogens is 432 g/mol. The lowest BCUT2D eigenvalue weighted by atomic mass is 10.00. The van der Waals surface area contributed by atoms with Crippen LogP contribution in [0.25, 0.3) is 0 Å². The van der Waals surface area contributed by atoms with Gasteiger partial charge in [0, 0.05) is 24.0 Å². The molecule has 0 aliphatic carbocycles. The lowest BCUT2D eigenvalue weighted by Crippen LogP contribution is -2.52. The highest BCUT2D eigenvalue weighted by Crippen LogP contribution is 2.21. The molecule has 0 aliphatic heterocycles. The average molecular weight is 463 g/mol. The zero-order valence-electron chi connectivity index (χ0n) is 19.4. The SMILES string of the molecule is Cc1ccccc1CN(C(=O)Cc1ccccc1Cl)[C@@H](Cc1ccccc1)C(=O)NC(C)C. The van der Waals surface area contributed by atoms with Gasteiger partial charge in [-0.15, -0.1) is 0 Å². The van der Waals surface area contributed by atoms with Gasteiger partial charge >= 0.3 is 0 Å². The van der Waals surface area contributed by atoms with E-state index in [1.807, 2.05) is 93.6 Å². The Morgan fingerprint density at radius 3 is 2.12 bits per heavy atom. The molecule has 5 heteroatoms. The van der Waals surface area contributed by atoms with E-state index in [0.717, 1.165) is 22.3 Å². The lowest BCUT2D eigenvalue weighted by Gasteiger charge is -2.32. The van der Waals surface area contributed by atoms with E-state index in [1.54, 1.807) is 11.0 Å². The molecule has 4 nitrogen and oxygen atoms in total. The summed E-state index contributed by atoms with van der Waals surface area (Å²) >= 11 is 6.35. The van der Waals surface area contributed by atoms with Crippen LogP contribution in [0.3, 0.4) is 0 Å². The van der Waals surface area contributed by atoms with Gasteiger partial charge in [-0.05, 0) is 49.1 Å². The third-order valence-electron chi connectivity index (χ3n) is 5.60. The van der Waals surface area contributed by atoms with Crippen LogP contribution in [0.15, 0.2) is 78.9 Å². The summed E-state index contributed by atoms with van der Waals surface area (Å²) in [6, 6.07) is 24.4. The number of hydrogen-bond donors (Lipinski definition) is 1. The Kier molecular flexibility index (Phi) is 8.67. The molecule has 0 fully saturated rings. The molecule has 0 spiro atoms. The van der Waals surface area contributed by atoms with Crippen molar-refractivity contribution in [3.8, 4) is 0 Å². The molecule has 0 heterocycles. The molecule has 33 heavy (non-hydrogen) atoms. The Morgan fingerprint density at radius 1 is 0.879 bits per heavy atom. The molecule has 1 atom stereocenters. The zero-order valence-corrected chi connectivity index (χ0v) is 20.2. The Bertz CT molecular complexity index is 1080. The minimum absolute atomic E-state index is 0.0326. The third kappa shape index (κ3) is 6.93. The van der Waals surface area contributed by atoms with Crippen molar-refractivity contribution in [1.29, 1.82) is 0 Å². The second kappa shape index (κ2) is 11.7. The Labute approximate surface area is 201 Å². The van der Waals surface area contributed by atoms with Crippen LogP contribution < -0.4 is 5.32 Å². The topological polar surface area (TPSA) is 49.4 Å². The smallest absolute Gasteiger partial charge is 0.243 e. The summed E-state index contributed by atoms with van der Waals surface area (Å²) in [4.78, 5) is 28.8. The van der Waals surface area contributed by atoms with Crippen molar-refractivity contribution in [2.45, 2.75) is 52.2 Å². The van der Waals surface area contributed by atoms with E-state index in [1.165, 1.54) is 0 Å². The molecule has 3 aromatic carbocycles. The highest BCUT2D eigenvalue weighted by atomic mass is 35.5. The van der Waals surface area contributed by atoms with Gasteiger partial charge in [0.25, 0.3) is 0 Å². The van der Waals surface area contributed by atoms with Crippen molar-refractivity contribution in [2.75, 3.05) is 0 Å². The maximum absolute atomic E-state index is 13.7. The van der Waals surface area contributed by atoms with E-state index >= 15 is 0 Å². The first-order chi connectivity index (χ1) is 15.8. The molecule has 3 aromatic rings. The summed E-state index contributed by atoms with van der Waals surface area (Å²) in [6.45, 7) is 6.22. The molecule has 0 radical (unpaired) electrons. The maximum atomic E-state index is 13.7. The molecule has 0 aliphatic rings. The number of benzene rings is 3. The minimum atomic E-state index is -0.649. The highest BCUT2D eigenvalue weighted by molar-refractivity contribution is 6.31. The van der Waals surface area contributed by atoms with Crippen molar-refractivity contribution in [3.05, 3.63) is 106 Å². The second-order valence-electron chi connectivity index (χ2n) is 8.59. The molecular formula is C28H31ClN2O2. The van der Waals surface area contributed by atoms with E-state index in [-0.39, 0.29) is 24.3 Å². The normalized spacial score (nSPS) is 11.8. The molecule has 0 saturated heterocycles. The molecule has 0 aromatic heterocycles. The van der Waals surface area contributed by atoms with Gasteiger partial charge in [-0.2, -0.15) is 0 Å². The van der Waals surface area contributed by atoms with Crippen molar-refractivity contribution in [3.63, 3.8) is 0 Å². The van der Waals surface area contributed by atoms with Crippen LogP contribution in [0.4, 0.5) is 0 Å². The number of nitrogens with zero attached hydrogens (tertiary/aromatic N) is 1. The summed E-state index contributed by atoms with van der Waals surface area (Å²) in [5.74, 6) is -0.291.